The average Bonchev–Trinajstić information content (AvgIpc) is 2.26. The van der Waals surface area contributed by atoms with Crippen LogP contribution in [0.2, 0.25) is 0 Å². The minimum atomic E-state index is -0.850. The number of likely N-dealkylation sites (N-methyl/N-ethyl adjacent to an activating group) is 1. The van der Waals surface area contributed by atoms with Crippen LogP contribution in [0.5, 0.6) is 0 Å². The van der Waals surface area contributed by atoms with Crippen LogP contribution < -0.4 is 5.32 Å². The Labute approximate surface area is 103 Å². The molecule has 100 valence electrons. The molecule has 1 amide bonds. The van der Waals surface area contributed by atoms with E-state index in [4.69, 9.17) is 4.74 Å². The van der Waals surface area contributed by atoms with Gasteiger partial charge in [-0.3, -0.25) is 4.79 Å². The van der Waals surface area contributed by atoms with Gasteiger partial charge in [-0.05, 0) is 20.8 Å². The van der Waals surface area contributed by atoms with Gasteiger partial charge in [0, 0.05) is 26.2 Å². The third-order valence-electron chi connectivity index (χ3n) is 2.72. The molecule has 1 saturated heterocycles. The first-order valence-corrected chi connectivity index (χ1v) is 6.25. The van der Waals surface area contributed by atoms with Crippen molar-refractivity contribution < 1.29 is 14.6 Å². The zero-order valence-electron chi connectivity index (χ0n) is 11.0. The molecule has 0 spiro atoms. The van der Waals surface area contributed by atoms with E-state index in [0.717, 1.165) is 13.1 Å². The summed E-state index contributed by atoms with van der Waals surface area (Å²) in [5, 5.41) is 12.9. The van der Waals surface area contributed by atoms with Crippen LogP contribution in [0.3, 0.4) is 0 Å². The first-order chi connectivity index (χ1) is 7.92. The van der Waals surface area contributed by atoms with Crippen molar-refractivity contribution in [2.45, 2.75) is 38.9 Å². The third kappa shape index (κ3) is 5.48. The zero-order chi connectivity index (χ0) is 12.9. The van der Waals surface area contributed by atoms with Gasteiger partial charge in [-0.25, -0.2) is 0 Å². The van der Waals surface area contributed by atoms with E-state index in [2.05, 4.69) is 5.32 Å². The van der Waals surface area contributed by atoms with E-state index in [9.17, 15) is 9.90 Å². The molecule has 1 atom stereocenters. The van der Waals surface area contributed by atoms with Crippen LogP contribution in [0.15, 0.2) is 0 Å². The highest BCUT2D eigenvalue weighted by Crippen LogP contribution is 2.09. The van der Waals surface area contributed by atoms with Crippen LogP contribution in [-0.4, -0.2) is 60.4 Å². The molecular formula is C12H24N2O3. The predicted octanol–water partition coefficient (Wildman–Crippen LogP) is -0.0157. The molecule has 0 bridgehead atoms. The number of hydrogen-bond donors (Lipinski definition) is 2. The molecule has 1 fully saturated rings. The van der Waals surface area contributed by atoms with Gasteiger partial charge in [0.1, 0.15) is 0 Å². The fourth-order valence-electron chi connectivity index (χ4n) is 1.92. The summed E-state index contributed by atoms with van der Waals surface area (Å²) in [4.78, 5) is 13.7. The van der Waals surface area contributed by atoms with Gasteiger partial charge in [0.25, 0.3) is 0 Å². The van der Waals surface area contributed by atoms with E-state index in [1.807, 2.05) is 6.92 Å². The van der Waals surface area contributed by atoms with Crippen molar-refractivity contribution in [3.8, 4) is 0 Å². The summed E-state index contributed by atoms with van der Waals surface area (Å²) < 4.78 is 5.50. The van der Waals surface area contributed by atoms with Gasteiger partial charge in [0.05, 0.1) is 24.7 Å². The highest BCUT2D eigenvalue weighted by Gasteiger charge is 2.24. The number of morpholine rings is 1. The van der Waals surface area contributed by atoms with E-state index < -0.39 is 5.60 Å². The van der Waals surface area contributed by atoms with Crippen LogP contribution in [0.4, 0.5) is 0 Å². The lowest BCUT2D eigenvalue weighted by Gasteiger charge is -2.30. The molecule has 1 aliphatic rings. The number of aliphatic hydroxyl groups is 1. The largest absolute Gasteiger partial charge is 0.389 e. The van der Waals surface area contributed by atoms with Crippen LogP contribution in [0.25, 0.3) is 0 Å². The van der Waals surface area contributed by atoms with Crippen LogP contribution in [0, 0.1) is 0 Å². The highest BCUT2D eigenvalue weighted by atomic mass is 16.5. The van der Waals surface area contributed by atoms with Gasteiger partial charge in [-0.1, -0.05) is 0 Å². The number of amides is 1. The number of nitrogens with zero attached hydrogens (tertiary/aromatic N) is 1. The number of nitrogens with one attached hydrogen (secondary N) is 1. The second-order valence-electron chi connectivity index (χ2n) is 5.12. The molecule has 0 aromatic rings. The van der Waals surface area contributed by atoms with Crippen molar-refractivity contribution in [1.82, 2.24) is 10.2 Å². The standard InChI is InChI=1S/C12H24N2O3/c1-4-14(9-12(2,3)16)11(15)7-10-8-13-5-6-17-10/h10,13,16H,4-9H2,1-3H3. The first kappa shape index (κ1) is 14.4. The molecule has 1 heterocycles. The minimum absolute atomic E-state index is 0.0351. The minimum Gasteiger partial charge on any atom is -0.389 e. The van der Waals surface area contributed by atoms with Gasteiger partial charge >= 0.3 is 0 Å². The predicted molar refractivity (Wildman–Crippen MR) is 65.8 cm³/mol. The lowest BCUT2D eigenvalue weighted by atomic mass is 10.1. The van der Waals surface area contributed by atoms with Crippen molar-refractivity contribution in [3.63, 3.8) is 0 Å². The lowest BCUT2D eigenvalue weighted by molar-refractivity contribution is -0.137. The lowest BCUT2D eigenvalue weighted by Crippen LogP contribution is -2.46. The molecule has 0 aliphatic carbocycles. The van der Waals surface area contributed by atoms with Crippen molar-refractivity contribution in [2.24, 2.45) is 0 Å². The molecule has 1 aliphatic heterocycles. The van der Waals surface area contributed by atoms with Gasteiger partial charge in [-0.15, -0.1) is 0 Å². The quantitative estimate of drug-likeness (QED) is 0.714. The maximum absolute atomic E-state index is 12.0. The molecule has 1 rings (SSSR count). The summed E-state index contributed by atoms with van der Waals surface area (Å²) in [6.07, 6.45) is 0.351. The first-order valence-electron chi connectivity index (χ1n) is 6.25. The Balaban J connectivity index is 2.42. The van der Waals surface area contributed by atoms with E-state index in [-0.39, 0.29) is 12.0 Å². The molecule has 0 aromatic heterocycles. The normalized spacial score (nSPS) is 21.3. The second-order valence-corrected chi connectivity index (χ2v) is 5.12. The molecule has 0 aromatic carbocycles. The Morgan fingerprint density at radius 3 is 2.76 bits per heavy atom. The number of rotatable bonds is 5. The summed E-state index contributed by atoms with van der Waals surface area (Å²) >= 11 is 0. The second kappa shape index (κ2) is 6.33. The van der Waals surface area contributed by atoms with Crippen molar-refractivity contribution in [3.05, 3.63) is 0 Å². The molecule has 0 saturated carbocycles. The third-order valence-corrected chi connectivity index (χ3v) is 2.72. The number of hydrogen-bond acceptors (Lipinski definition) is 4. The summed E-state index contributed by atoms with van der Waals surface area (Å²) in [6.45, 7) is 8.56. The van der Waals surface area contributed by atoms with Crippen molar-refractivity contribution >= 4 is 5.91 Å². The smallest absolute Gasteiger partial charge is 0.225 e. The SMILES string of the molecule is CCN(CC(C)(C)O)C(=O)CC1CNCCO1. The maximum Gasteiger partial charge on any atom is 0.225 e. The van der Waals surface area contributed by atoms with Gasteiger partial charge in [0.15, 0.2) is 0 Å². The van der Waals surface area contributed by atoms with Crippen molar-refractivity contribution in [2.75, 3.05) is 32.8 Å². The summed E-state index contributed by atoms with van der Waals surface area (Å²) in [6, 6.07) is 0. The van der Waals surface area contributed by atoms with E-state index in [1.54, 1.807) is 18.7 Å². The maximum atomic E-state index is 12.0. The summed E-state index contributed by atoms with van der Waals surface area (Å²) in [5.41, 5.74) is -0.850. The summed E-state index contributed by atoms with van der Waals surface area (Å²) in [5.74, 6) is 0.0447. The average molecular weight is 244 g/mol. The number of carbonyl (C=O) groups is 1. The van der Waals surface area contributed by atoms with Crippen molar-refractivity contribution in [1.29, 1.82) is 0 Å². The molecule has 1 unspecified atom stereocenters. The molecular weight excluding hydrogens is 220 g/mol. The Kier molecular flexibility index (Phi) is 5.36. The van der Waals surface area contributed by atoms with Gasteiger partial charge in [0.2, 0.25) is 5.91 Å². The zero-order valence-corrected chi connectivity index (χ0v) is 11.0. The van der Waals surface area contributed by atoms with Gasteiger partial charge < -0.3 is 20.1 Å². The number of ether oxygens (including phenoxy) is 1. The summed E-state index contributed by atoms with van der Waals surface area (Å²) in [7, 11) is 0. The Bertz CT molecular complexity index is 245. The van der Waals surface area contributed by atoms with Crippen LogP contribution in [0.1, 0.15) is 27.2 Å². The molecule has 5 heteroatoms. The van der Waals surface area contributed by atoms with Crippen LogP contribution >= 0.6 is 0 Å². The molecule has 0 radical (unpaired) electrons. The van der Waals surface area contributed by atoms with E-state index in [1.165, 1.54) is 0 Å². The number of carbonyl (C=O) groups excluding carboxylic acids is 1. The molecule has 17 heavy (non-hydrogen) atoms. The Hall–Kier alpha value is -0.650. The Morgan fingerprint density at radius 2 is 2.29 bits per heavy atom. The topological polar surface area (TPSA) is 61.8 Å². The molecule has 2 N–H and O–H groups in total. The Morgan fingerprint density at radius 1 is 1.59 bits per heavy atom. The highest BCUT2D eigenvalue weighted by molar-refractivity contribution is 5.76. The van der Waals surface area contributed by atoms with Crippen LogP contribution in [-0.2, 0) is 9.53 Å². The van der Waals surface area contributed by atoms with Gasteiger partial charge in [-0.2, -0.15) is 0 Å². The molecule has 5 nitrogen and oxygen atoms in total. The van der Waals surface area contributed by atoms with E-state index >= 15 is 0 Å². The monoisotopic (exact) mass is 244 g/mol. The fourth-order valence-corrected chi connectivity index (χ4v) is 1.92. The fraction of sp³-hybridized carbons (Fsp3) is 0.917. The van der Waals surface area contributed by atoms with E-state index in [0.29, 0.717) is 26.1 Å².